The Balaban J connectivity index is 2.15. The predicted molar refractivity (Wildman–Crippen MR) is 88.4 cm³/mol. The summed E-state index contributed by atoms with van der Waals surface area (Å²) >= 11 is 9.37. The van der Waals surface area contributed by atoms with Crippen molar-refractivity contribution in [1.29, 1.82) is 0 Å². The van der Waals surface area contributed by atoms with Gasteiger partial charge in [0, 0.05) is 18.4 Å². The van der Waals surface area contributed by atoms with Gasteiger partial charge in [0.05, 0.1) is 18.2 Å². The molecule has 1 aromatic heterocycles. The van der Waals surface area contributed by atoms with Gasteiger partial charge >= 0.3 is 0 Å². The molecule has 0 saturated carbocycles. The van der Waals surface area contributed by atoms with Crippen LogP contribution in [0.4, 0.5) is 5.69 Å². The summed E-state index contributed by atoms with van der Waals surface area (Å²) in [6.45, 7) is 3.16. The lowest BCUT2D eigenvalue weighted by Crippen LogP contribution is -2.02. The SMILES string of the molecule is CCOc1c(Br)cc(CNc2ccnc(Cl)c2)cc1OC. The second kappa shape index (κ2) is 7.52. The van der Waals surface area contributed by atoms with Crippen LogP contribution < -0.4 is 14.8 Å². The molecule has 6 heteroatoms. The van der Waals surface area contributed by atoms with Gasteiger partial charge in [0.25, 0.3) is 0 Å². The van der Waals surface area contributed by atoms with E-state index in [4.69, 9.17) is 21.1 Å². The smallest absolute Gasteiger partial charge is 0.175 e. The quantitative estimate of drug-likeness (QED) is 0.758. The second-order valence-electron chi connectivity index (χ2n) is 4.26. The lowest BCUT2D eigenvalue weighted by Gasteiger charge is -2.14. The average Bonchev–Trinajstić information content (AvgIpc) is 2.47. The summed E-state index contributed by atoms with van der Waals surface area (Å²) in [6, 6.07) is 7.60. The standard InChI is InChI=1S/C15H16BrClN2O2/c1-3-21-15-12(16)6-10(7-13(15)20-2)9-19-11-4-5-18-14(17)8-11/h4-8H,3,9H2,1-2H3,(H,18,19). The minimum absolute atomic E-state index is 0.463. The molecule has 0 unspecified atom stereocenters. The first-order chi connectivity index (χ1) is 10.1. The Hall–Kier alpha value is -1.46. The van der Waals surface area contributed by atoms with Crippen LogP contribution in [0, 0.1) is 0 Å². The summed E-state index contributed by atoms with van der Waals surface area (Å²) in [5.74, 6) is 1.42. The van der Waals surface area contributed by atoms with Crippen LogP contribution in [0.1, 0.15) is 12.5 Å². The fourth-order valence-corrected chi connectivity index (χ4v) is 2.65. The number of ether oxygens (including phenoxy) is 2. The number of nitrogens with one attached hydrogen (secondary N) is 1. The monoisotopic (exact) mass is 370 g/mol. The Labute approximate surface area is 137 Å². The summed E-state index contributed by atoms with van der Waals surface area (Å²) in [7, 11) is 1.63. The predicted octanol–water partition coefficient (Wildman–Crippen LogP) is 4.52. The molecular weight excluding hydrogens is 356 g/mol. The van der Waals surface area contributed by atoms with Gasteiger partial charge in [-0.1, -0.05) is 11.6 Å². The van der Waals surface area contributed by atoms with Gasteiger partial charge in [0.2, 0.25) is 0 Å². The van der Waals surface area contributed by atoms with Crippen molar-refractivity contribution in [1.82, 2.24) is 4.98 Å². The van der Waals surface area contributed by atoms with Crippen molar-refractivity contribution in [2.75, 3.05) is 19.0 Å². The molecule has 21 heavy (non-hydrogen) atoms. The minimum atomic E-state index is 0.463. The molecule has 0 bridgehead atoms. The fourth-order valence-electron chi connectivity index (χ4n) is 1.88. The number of pyridine rings is 1. The van der Waals surface area contributed by atoms with Crippen molar-refractivity contribution in [3.05, 3.63) is 45.7 Å². The zero-order valence-corrected chi connectivity index (χ0v) is 14.2. The zero-order valence-electron chi connectivity index (χ0n) is 11.8. The summed E-state index contributed by atoms with van der Waals surface area (Å²) in [5.41, 5.74) is 1.98. The zero-order chi connectivity index (χ0) is 15.2. The van der Waals surface area contributed by atoms with E-state index in [0.717, 1.165) is 21.5 Å². The summed E-state index contributed by atoms with van der Waals surface area (Å²) in [4.78, 5) is 3.95. The molecule has 1 N–H and O–H groups in total. The number of aromatic nitrogens is 1. The third kappa shape index (κ3) is 4.25. The van der Waals surface area contributed by atoms with Crippen LogP contribution in [0.2, 0.25) is 5.15 Å². The van der Waals surface area contributed by atoms with Gasteiger partial charge in [-0.15, -0.1) is 0 Å². The Morgan fingerprint density at radius 3 is 2.81 bits per heavy atom. The van der Waals surface area contributed by atoms with E-state index in [1.54, 1.807) is 19.4 Å². The largest absolute Gasteiger partial charge is 0.493 e. The molecule has 0 spiro atoms. The van der Waals surface area contributed by atoms with Gasteiger partial charge in [0.1, 0.15) is 5.15 Å². The van der Waals surface area contributed by atoms with E-state index in [2.05, 4.69) is 26.2 Å². The van der Waals surface area contributed by atoms with Crippen molar-refractivity contribution < 1.29 is 9.47 Å². The third-order valence-electron chi connectivity index (χ3n) is 2.80. The van der Waals surface area contributed by atoms with Gasteiger partial charge in [-0.05, 0) is 52.7 Å². The van der Waals surface area contributed by atoms with Gasteiger partial charge in [0.15, 0.2) is 11.5 Å². The minimum Gasteiger partial charge on any atom is -0.493 e. The van der Waals surface area contributed by atoms with Crippen molar-refractivity contribution in [2.45, 2.75) is 13.5 Å². The van der Waals surface area contributed by atoms with Crippen LogP contribution in [-0.4, -0.2) is 18.7 Å². The van der Waals surface area contributed by atoms with Crippen LogP contribution in [0.3, 0.4) is 0 Å². The number of hydrogen-bond acceptors (Lipinski definition) is 4. The molecule has 2 rings (SSSR count). The molecule has 1 aromatic carbocycles. The maximum atomic E-state index is 5.86. The summed E-state index contributed by atoms with van der Waals surface area (Å²) < 4.78 is 11.8. The Bertz CT molecular complexity index is 623. The molecule has 2 aromatic rings. The highest BCUT2D eigenvalue weighted by Gasteiger charge is 2.11. The van der Waals surface area contributed by atoms with E-state index in [0.29, 0.717) is 24.1 Å². The van der Waals surface area contributed by atoms with Crippen LogP contribution >= 0.6 is 27.5 Å². The lowest BCUT2D eigenvalue weighted by molar-refractivity contribution is 0.308. The highest BCUT2D eigenvalue weighted by atomic mass is 79.9. The normalized spacial score (nSPS) is 10.3. The van der Waals surface area contributed by atoms with Crippen molar-refractivity contribution in [3.63, 3.8) is 0 Å². The number of anilines is 1. The first-order valence-corrected chi connectivity index (χ1v) is 7.65. The Morgan fingerprint density at radius 1 is 1.33 bits per heavy atom. The molecule has 112 valence electrons. The summed E-state index contributed by atoms with van der Waals surface area (Å²) in [6.07, 6.45) is 1.67. The van der Waals surface area contributed by atoms with Crippen molar-refractivity contribution >= 4 is 33.2 Å². The third-order valence-corrected chi connectivity index (χ3v) is 3.60. The number of methoxy groups -OCH3 is 1. The molecule has 0 saturated heterocycles. The molecular formula is C15H16BrClN2O2. The molecule has 0 atom stereocenters. The molecule has 0 aliphatic heterocycles. The van der Waals surface area contributed by atoms with E-state index in [1.165, 1.54) is 0 Å². The van der Waals surface area contributed by atoms with Crippen LogP contribution in [-0.2, 0) is 6.54 Å². The molecule has 0 fully saturated rings. The fraction of sp³-hybridized carbons (Fsp3) is 0.267. The molecule has 0 radical (unpaired) electrons. The molecule has 1 heterocycles. The van der Waals surface area contributed by atoms with Gasteiger partial charge in [-0.2, -0.15) is 0 Å². The lowest BCUT2D eigenvalue weighted by atomic mass is 10.2. The number of nitrogens with zero attached hydrogens (tertiary/aromatic N) is 1. The van der Waals surface area contributed by atoms with Gasteiger partial charge in [-0.3, -0.25) is 0 Å². The average molecular weight is 372 g/mol. The van der Waals surface area contributed by atoms with E-state index in [1.807, 2.05) is 25.1 Å². The van der Waals surface area contributed by atoms with E-state index >= 15 is 0 Å². The van der Waals surface area contributed by atoms with Crippen LogP contribution in [0.25, 0.3) is 0 Å². The number of rotatable bonds is 6. The second-order valence-corrected chi connectivity index (χ2v) is 5.50. The number of halogens is 2. The molecule has 0 aliphatic rings. The highest BCUT2D eigenvalue weighted by Crippen LogP contribution is 2.36. The van der Waals surface area contributed by atoms with E-state index in [9.17, 15) is 0 Å². The van der Waals surface area contributed by atoms with Gasteiger partial charge < -0.3 is 14.8 Å². The number of benzene rings is 1. The van der Waals surface area contributed by atoms with E-state index < -0.39 is 0 Å². The number of hydrogen-bond donors (Lipinski definition) is 1. The van der Waals surface area contributed by atoms with Crippen molar-refractivity contribution in [2.24, 2.45) is 0 Å². The Morgan fingerprint density at radius 2 is 2.14 bits per heavy atom. The topological polar surface area (TPSA) is 43.4 Å². The van der Waals surface area contributed by atoms with Gasteiger partial charge in [-0.25, -0.2) is 4.98 Å². The maximum Gasteiger partial charge on any atom is 0.175 e. The molecule has 4 nitrogen and oxygen atoms in total. The maximum absolute atomic E-state index is 5.86. The van der Waals surface area contributed by atoms with Crippen LogP contribution in [0.5, 0.6) is 11.5 Å². The molecule has 0 amide bonds. The first-order valence-electron chi connectivity index (χ1n) is 6.48. The van der Waals surface area contributed by atoms with E-state index in [-0.39, 0.29) is 0 Å². The van der Waals surface area contributed by atoms with Crippen molar-refractivity contribution in [3.8, 4) is 11.5 Å². The summed E-state index contributed by atoms with van der Waals surface area (Å²) in [5, 5.41) is 3.75. The molecule has 0 aliphatic carbocycles. The highest BCUT2D eigenvalue weighted by molar-refractivity contribution is 9.10. The van der Waals surface area contributed by atoms with Crippen LogP contribution in [0.15, 0.2) is 34.9 Å². The first kappa shape index (κ1) is 15.9. The Kier molecular flexibility index (Phi) is 5.70.